The molecule has 1 saturated heterocycles. The number of likely N-dealkylation sites (N-methyl/N-ethyl adjacent to an activating group) is 1. The first-order chi connectivity index (χ1) is 4.68. The molecule has 0 radical (unpaired) electrons. The van der Waals surface area contributed by atoms with Crippen molar-refractivity contribution in [3.63, 3.8) is 0 Å². The maximum Gasteiger partial charge on any atom is 0.0209 e. The van der Waals surface area contributed by atoms with Crippen LogP contribution in [0.5, 0.6) is 0 Å². The van der Waals surface area contributed by atoms with Crippen molar-refractivity contribution in [3.8, 4) is 0 Å². The average molecular weight is 142 g/mol. The van der Waals surface area contributed by atoms with Gasteiger partial charge in [-0.05, 0) is 20.0 Å². The molecule has 60 valence electrons. The molecule has 1 atom stereocenters. The summed E-state index contributed by atoms with van der Waals surface area (Å²) in [6.45, 7) is 6.89. The van der Waals surface area contributed by atoms with Gasteiger partial charge >= 0.3 is 0 Å². The summed E-state index contributed by atoms with van der Waals surface area (Å²) < 4.78 is 0. The van der Waals surface area contributed by atoms with E-state index in [0.717, 1.165) is 6.04 Å². The molecule has 10 heavy (non-hydrogen) atoms. The van der Waals surface area contributed by atoms with Gasteiger partial charge in [0, 0.05) is 18.6 Å². The minimum absolute atomic E-state index is 0.636. The number of rotatable bonds is 2. The van der Waals surface area contributed by atoms with Crippen LogP contribution in [0, 0.1) is 0 Å². The van der Waals surface area contributed by atoms with Crippen LogP contribution in [0.1, 0.15) is 20.3 Å². The highest BCUT2D eigenvalue weighted by atomic mass is 15.2. The molecule has 0 bridgehead atoms. The Hall–Kier alpha value is -0.0800. The Morgan fingerprint density at radius 3 is 2.60 bits per heavy atom. The van der Waals surface area contributed by atoms with Gasteiger partial charge in [0.1, 0.15) is 0 Å². The Labute approximate surface area is 63.6 Å². The highest BCUT2D eigenvalue weighted by Crippen LogP contribution is 2.06. The molecule has 0 aliphatic carbocycles. The summed E-state index contributed by atoms with van der Waals surface area (Å²) in [6.07, 6.45) is 1.31. The molecule has 1 heterocycles. The molecule has 0 spiro atoms. The van der Waals surface area contributed by atoms with Crippen molar-refractivity contribution in [3.05, 3.63) is 0 Å². The van der Waals surface area contributed by atoms with E-state index in [2.05, 4.69) is 31.1 Å². The minimum atomic E-state index is 0.636. The molecule has 1 fully saturated rings. The second-order valence-electron chi connectivity index (χ2n) is 3.57. The smallest absolute Gasteiger partial charge is 0.0209 e. The average Bonchev–Trinajstić information content (AvgIpc) is 2.13. The van der Waals surface area contributed by atoms with Crippen molar-refractivity contribution < 1.29 is 0 Å². The Morgan fingerprint density at radius 1 is 1.50 bits per heavy atom. The van der Waals surface area contributed by atoms with E-state index in [9.17, 15) is 0 Å². The fourth-order valence-corrected chi connectivity index (χ4v) is 1.54. The van der Waals surface area contributed by atoms with Gasteiger partial charge in [0.25, 0.3) is 0 Å². The zero-order valence-corrected chi connectivity index (χ0v) is 7.22. The summed E-state index contributed by atoms with van der Waals surface area (Å²) in [6, 6.07) is 1.38. The van der Waals surface area contributed by atoms with Gasteiger partial charge in [0.05, 0.1) is 0 Å². The van der Waals surface area contributed by atoms with E-state index in [0.29, 0.717) is 6.04 Å². The second kappa shape index (κ2) is 3.35. The zero-order valence-electron chi connectivity index (χ0n) is 7.22. The van der Waals surface area contributed by atoms with E-state index in [4.69, 9.17) is 0 Å². The van der Waals surface area contributed by atoms with Crippen LogP contribution in [0.15, 0.2) is 0 Å². The monoisotopic (exact) mass is 142 g/mol. The highest BCUT2D eigenvalue weighted by Gasteiger charge is 2.18. The molecule has 0 amide bonds. The predicted octanol–water partition coefficient (Wildman–Crippen LogP) is 0.688. The van der Waals surface area contributed by atoms with Crippen molar-refractivity contribution in [2.75, 3.05) is 20.1 Å². The molecular formula is C8H18N2. The standard InChI is InChI=1S/C8H18N2/c1-7(2)9-8-4-5-10(3)6-8/h7-9H,4-6H2,1-3H3/t8-/m0/s1. The zero-order chi connectivity index (χ0) is 7.56. The van der Waals surface area contributed by atoms with Gasteiger partial charge < -0.3 is 10.2 Å². The lowest BCUT2D eigenvalue weighted by atomic mass is 10.2. The first kappa shape index (κ1) is 8.02. The topological polar surface area (TPSA) is 15.3 Å². The molecule has 1 aliphatic heterocycles. The van der Waals surface area contributed by atoms with Gasteiger partial charge in [-0.3, -0.25) is 0 Å². The number of nitrogens with zero attached hydrogens (tertiary/aromatic N) is 1. The van der Waals surface area contributed by atoms with Gasteiger partial charge in [-0.1, -0.05) is 13.8 Å². The lowest BCUT2D eigenvalue weighted by molar-refractivity contribution is 0.389. The Kier molecular flexibility index (Phi) is 2.69. The van der Waals surface area contributed by atoms with Gasteiger partial charge in [-0.2, -0.15) is 0 Å². The normalized spacial score (nSPS) is 28.2. The van der Waals surface area contributed by atoms with Gasteiger partial charge in [-0.15, -0.1) is 0 Å². The molecule has 0 aromatic heterocycles. The Morgan fingerprint density at radius 2 is 2.20 bits per heavy atom. The summed E-state index contributed by atoms with van der Waals surface area (Å²) in [5, 5.41) is 3.53. The summed E-state index contributed by atoms with van der Waals surface area (Å²) in [4.78, 5) is 2.38. The summed E-state index contributed by atoms with van der Waals surface area (Å²) in [7, 11) is 2.18. The predicted molar refractivity (Wildman–Crippen MR) is 44.2 cm³/mol. The molecule has 0 aromatic carbocycles. The SMILES string of the molecule is CC(C)N[C@H]1CCN(C)C1. The molecule has 1 N–H and O–H groups in total. The van der Waals surface area contributed by atoms with E-state index in [-0.39, 0.29) is 0 Å². The number of hydrogen-bond acceptors (Lipinski definition) is 2. The van der Waals surface area contributed by atoms with Crippen LogP contribution in [-0.2, 0) is 0 Å². The van der Waals surface area contributed by atoms with E-state index < -0.39 is 0 Å². The molecule has 1 aliphatic rings. The van der Waals surface area contributed by atoms with Crippen LogP contribution in [0.4, 0.5) is 0 Å². The fourth-order valence-electron chi connectivity index (χ4n) is 1.54. The third-order valence-electron chi connectivity index (χ3n) is 1.96. The molecule has 1 rings (SSSR count). The van der Waals surface area contributed by atoms with Crippen molar-refractivity contribution in [2.45, 2.75) is 32.4 Å². The molecule has 0 aromatic rings. The van der Waals surface area contributed by atoms with Crippen LogP contribution >= 0.6 is 0 Å². The first-order valence-electron chi connectivity index (χ1n) is 4.13. The molecular weight excluding hydrogens is 124 g/mol. The summed E-state index contributed by atoms with van der Waals surface area (Å²) in [5.74, 6) is 0. The lowest BCUT2D eigenvalue weighted by Gasteiger charge is -2.15. The van der Waals surface area contributed by atoms with Gasteiger partial charge in [0.15, 0.2) is 0 Å². The quantitative estimate of drug-likeness (QED) is 0.610. The van der Waals surface area contributed by atoms with Crippen LogP contribution in [-0.4, -0.2) is 37.1 Å². The van der Waals surface area contributed by atoms with Crippen molar-refractivity contribution >= 4 is 0 Å². The van der Waals surface area contributed by atoms with Crippen LogP contribution in [0.25, 0.3) is 0 Å². The lowest BCUT2D eigenvalue weighted by Crippen LogP contribution is -2.36. The number of hydrogen-bond donors (Lipinski definition) is 1. The highest BCUT2D eigenvalue weighted by molar-refractivity contribution is 4.79. The van der Waals surface area contributed by atoms with E-state index in [1.807, 2.05) is 0 Å². The fraction of sp³-hybridized carbons (Fsp3) is 1.00. The minimum Gasteiger partial charge on any atom is -0.310 e. The summed E-state index contributed by atoms with van der Waals surface area (Å²) >= 11 is 0. The van der Waals surface area contributed by atoms with Crippen LogP contribution < -0.4 is 5.32 Å². The summed E-state index contributed by atoms with van der Waals surface area (Å²) in [5.41, 5.74) is 0. The van der Waals surface area contributed by atoms with Crippen molar-refractivity contribution in [1.82, 2.24) is 10.2 Å². The van der Waals surface area contributed by atoms with Crippen LogP contribution in [0.2, 0.25) is 0 Å². The third-order valence-corrected chi connectivity index (χ3v) is 1.96. The largest absolute Gasteiger partial charge is 0.310 e. The Balaban J connectivity index is 2.18. The van der Waals surface area contributed by atoms with Gasteiger partial charge in [-0.25, -0.2) is 0 Å². The maximum atomic E-state index is 3.53. The second-order valence-corrected chi connectivity index (χ2v) is 3.57. The molecule has 0 saturated carbocycles. The Bertz CT molecular complexity index is 101. The molecule has 0 unspecified atom stereocenters. The van der Waals surface area contributed by atoms with E-state index >= 15 is 0 Å². The number of nitrogens with one attached hydrogen (secondary N) is 1. The molecule has 2 nitrogen and oxygen atoms in total. The van der Waals surface area contributed by atoms with E-state index in [1.54, 1.807) is 0 Å². The first-order valence-corrected chi connectivity index (χ1v) is 4.13. The number of likely N-dealkylation sites (tertiary alicyclic amines) is 1. The van der Waals surface area contributed by atoms with Crippen LogP contribution in [0.3, 0.4) is 0 Å². The maximum absolute atomic E-state index is 3.53. The van der Waals surface area contributed by atoms with Crippen molar-refractivity contribution in [2.24, 2.45) is 0 Å². The third kappa shape index (κ3) is 2.27. The van der Waals surface area contributed by atoms with Gasteiger partial charge in [0.2, 0.25) is 0 Å². The van der Waals surface area contributed by atoms with Crippen molar-refractivity contribution in [1.29, 1.82) is 0 Å². The molecule has 2 heteroatoms. The van der Waals surface area contributed by atoms with E-state index in [1.165, 1.54) is 19.5 Å².